The molecule has 1 nitrogen and oxygen atoms in total. The van der Waals surface area contributed by atoms with Crippen molar-refractivity contribution in [2.24, 2.45) is 0 Å². The van der Waals surface area contributed by atoms with Gasteiger partial charge in [-0.3, -0.25) is 0 Å². The van der Waals surface area contributed by atoms with Gasteiger partial charge in [-0.25, -0.2) is 0 Å². The first-order valence-corrected chi connectivity index (χ1v) is 10.4. The molecule has 2 aromatic carbocycles. The van der Waals surface area contributed by atoms with E-state index in [0.717, 1.165) is 5.75 Å². The molecule has 0 saturated carbocycles. The third-order valence-electron chi connectivity index (χ3n) is 3.83. The Kier molecular flexibility index (Phi) is 6.60. The van der Waals surface area contributed by atoms with Crippen LogP contribution in [0.2, 0.25) is 0 Å². The van der Waals surface area contributed by atoms with Crippen LogP contribution in [0.4, 0.5) is 0 Å². The molecule has 130 valence electrons. The molecule has 0 spiro atoms. The Morgan fingerprint density at radius 2 is 1.52 bits per heavy atom. The summed E-state index contributed by atoms with van der Waals surface area (Å²) in [5.74, 6) is 0.922. The van der Waals surface area contributed by atoms with E-state index in [2.05, 4.69) is 101 Å². The Hall–Kier alpha value is -2.32. The first-order valence-electron chi connectivity index (χ1n) is 8.70. The molecule has 0 fully saturated rings. The highest BCUT2D eigenvalue weighted by Crippen LogP contribution is 2.17. The lowest BCUT2D eigenvalue weighted by Gasteiger charge is -2.22. The molecule has 2 rings (SSSR count). The molecule has 1 unspecified atom stereocenters. The molecule has 2 aromatic rings. The molecule has 0 saturated heterocycles. The van der Waals surface area contributed by atoms with Gasteiger partial charge in [-0.2, -0.15) is 0 Å². The van der Waals surface area contributed by atoms with E-state index in [1.54, 1.807) is 0 Å². The number of rotatable bonds is 6. The van der Waals surface area contributed by atoms with E-state index in [4.69, 9.17) is 4.74 Å². The highest BCUT2D eigenvalue weighted by atomic mass is 28.3. The number of hydrogen-bond donors (Lipinski definition) is 0. The number of ether oxygens (including phenoxy) is 1. The Morgan fingerprint density at radius 3 is 2.08 bits per heavy atom. The quantitative estimate of drug-likeness (QED) is 0.554. The lowest BCUT2D eigenvalue weighted by Crippen LogP contribution is -2.43. The molecular weight excluding hydrogens is 320 g/mol. The van der Waals surface area contributed by atoms with Crippen molar-refractivity contribution >= 4 is 19.2 Å². The van der Waals surface area contributed by atoms with Crippen molar-refractivity contribution in [1.29, 1.82) is 0 Å². The van der Waals surface area contributed by atoms with Gasteiger partial charge in [0.2, 0.25) is 0 Å². The summed E-state index contributed by atoms with van der Waals surface area (Å²) in [6.45, 7) is 12.2. The Bertz CT molecular complexity index is 734. The molecule has 1 atom stereocenters. The molecule has 0 N–H and O–H groups in total. The van der Waals surface area contributed by atoms with Crippen LogP contribution in [-0.4, -0.2) is 14.4 Å². The van der Waals surface area contributed by atoms with Crippen LogP contribution in [0, 0.1) is 0 Å². The molecule has 0 aliphatic carbocycles. The summed E-state index contributed by atoms with van der Waals surface area (Å²) in [5.41, 5.74) is -0.178. The van der Waals surface area contributed by atoms with Gasteiger partial charge < -0.3 is 4.74 Å². The van der Waals surface area contributed by atoms with Crippen molar-refractivity contribution in [3.63, 3.8) is 0 Å². The summed E-state index contributed by atoms with van der Waals surface area (Å²) in [6, 6.07) is 19.4. The molecule has 0 aromatic heterocycles. The van der Waals surface area contributed by atoms with Crippen LogP contribution in [0.15, 0.2) is 90.7 Å². The highest BCUT2D eigenvalue weighted by Gasteiger charge is 2.18. The van der Waals surface area contributed by atoms with Crippen molar-refractivity contribution in [2.45, 2.75) is 33.3 Å². The zero-order valence-electron chi connectivity index (χ0n) is 15.7. The topological polar surface area (TPSA) is 9.23 Å². The average Bonchev–Trinajstić information content (AvgIpc) is 2.57. The van der Waals surface area contributed by atoms with E-state index in [1.165, 1.54) is 15.6 Å². The summed E-state index contributed by atoms with van der Waals surface area (Å²) in [5, 5.41) is 4.25. The minimum absolute atomic E-state index is 0.178. The van der Waals surface area contributed by atoms with Gasteiger partial charge in [-0.05, 0) is 39.8 Å². The van der Waals surface area contributed by atoms with Crippen molar-refractivity contribution in [3.05, 3.63) is 90.7 Å². The molecule has 0 amide bonds. The fourth-order valence-corrected chi connectivity index (χ4v) is 5.75. The number of benzene rings is 2. The summed E-state index contributed by atoms with van der Waals surface area (Å²) in [6.07, 6.45) is 8.06. The van der Waals surface area contributed by atoms with E-state index in [0.29, 0.717) is 0 Å². The van der Waals surface area contributed by atoms with E-state index in [1.807, 2.05) is 12.2 Å². The zero-order chi connectivity index (χ0) is 18.3. The molecule has 2 heteroatoms. The lowest BCUT2D eigenvalue weighted by atomic mass is 10.2. The van der Waals surface area contributed by atoms with E-state index in [9.17, 15) is 0 Å². The van der Waals surface area contributed by atoms with E-state index >= 15 is 0 Å². The largest absolute Gasteiger partial charge is 0.488 e. The summed E-state index contributed by atoms with van der Waals surface area (Å²) in [7, 11) is -1.44. The minimum Gasteiger partial charge on any atom is -0.488 e. The second kappa shape index (κ2) is 8.68. The van der Waals surface area contributed by atoms with Crippen molar-refractivity contribution in [3.8, 4) is 5.75 Å². The Labute approximate surface area is 154 Å². The van der Waals surface area contributed by atoms with Gasteiger partial charge in [0.05, 0.1) is 0 Å². The third kappa shape index (κ3) is 5.91. The van der Waals surface area contributed by atoms with Crippen molar-refractivity contribution in [1.82, 2.24) is 0 Å². The van der Waals surface area contributed by atoms with Crippen LogP contribution in [0.5, 0.6) is 5.75 Å². The Morgan fingerprint density at radius 1 is 0.920 bits per heavy atom. The summed E-state index contributed by atoms with van der Waals surface area (Å²) < 4.78 is 5.96. The lowest BCUT2D eigenvalue weighted by molar-refractivity contribution is 0.131. The normalized spacial score (nSPS) is 13.7. The second-order valence-corrected chi connectivity index (χ2v) is 10.3. The molecule has 25 heavy (non-hydrogen) atoms. The van der Waals surface area contributed by atoms with E-state index in [-0.39, 0.29) is 5.60 Å². The summed E-state index contributed by atoms with van der Waals surface area (Å²) in [4.78, 5) is 0. The zero-order valence-corrected chi connectivity index (χ0v) is 16.9. The standard InChI is InChI=1S/C23H28OSi/c1-6-7-9-12-19(2)25(21-13-10-8-11-14-21)22-17-15-20(16-18-22)24-23(3,4)5/h6-18,25H,1H2,2-5H3/b9-7-,19-12+. The maximum atomic E-state index is 5.96. The molecular formula is C23H28OSi. The van der Waals surface area contributed by atoms with Gasteiger partial charge in [0.1, 0.15) is 20.1 Å². The highest BCUT2D eigenvalue weighted by molar-refractivity contribution is 6.90. The molecule has 0 bridgehead atoms. The van der Waals surface area contributed by atoms with Crippen molar-refractivity contribution in [2.75, 3.05) is 0 Å². The minimum atomic E-state index is -1.44. The SMILES string of the molecule is C=C/C=C\C=C(/C)[SiH](c1ccccc1)c1ccc(OC(C)(C)C)cc1. The van der Waals surface area contributed by atoms with Crippen LogP contribution in [0.25, 0.3) is 0 Å². The molecule has 0 radical (unpaired) electrons. The van der Waals surface area contributed by atoms with Crippen LogP contribution in [-0.2, 0) is 0 Å². The maximum Gasteiger partial charge on any atom is 0.128 e. The van der Waals surface area contributed by atoms with Gasteiger partial charge >= 0.3 is 0 Å². The average molecular weight is 349 g/mol. The van der Waals surface area contributed by atoms with Gasteiger partial charge in [0, 0.05) is 0 Å². The Balaban J connectivity index is 2.37. The van der Waals surface area contributed by atoms with Crippen molar-refractivity contribution < 1.29 is 4.74 Å². The van der Waals surface area contributed by atoms with Crippen LogP contribution < -0.4 is 15.1 Å². The molecule has 0 heterocycles. The maximum absolute atomic E-state index is 5.96. The van der Waals surface area contributed by atoms with Gasteiger partial charge in [0.15, 0.2) is 0 Å². The molecule has 0 aliphatic heterocycles. The first kappa shape index (κ1) is 19.0. The van der Waals surface area contributed by atoms with Gasteiger partial charge in [-0.15, -0.1) is 0 Å². The predicted octanol–water partition coefficient (Wildman–Crippen LogP) is 4.43. The number of allylic oxidation sites excluding steroid dienone is 5. The number of hydrogen-bond acceptors (Lipinski definition) is 1. The fraction of sp³-hybridized carbons (Fsp3) is 0.217. The summed E-state index contributed by atoms with van der Waals surface area (Å²) >= 11 is 0. The van der Waals surface area contributed by atoms with Gasteiger partial charge in [-0.1, -0.05) is 88.9 Å². The van der Waals surface area contributed by atoms with Gasteiger partial charge in [0.25, 0.3) is 0 Å². The smallest absolute Gasteiger partial charge is 0.128 e. The monoisotopic (exact) mass is 348 g/mol. The van der Waals surface area contributed by atoms with Crippen LogP contribution >= 0.6 is 0 Å². The van der Waals surface area contributed by atoms with Crippen LogP contribution in [0.3, 0.4) is 0 Å². The predicted molar refractivity (Wildman–Crippen MR) is 113 cm³/mol. The second-order valence-electron chi connectivity index (χ2n) is 7.16. The third-order valence-corrected chi connectivity index (χ3v) is 7.04. The molecule has 0 aliphatic rings. The first-order chi connectivity index (χ1) is 11.9. The fourth-order valence-electron chi connectivity index (χ4n) is 2.83. The van der Waals surface area contributed by atoms with Crippen LogP contribution in [0.1, 0.15) is 27.7 Å². The van der Waals surface area contributed by atoms with E-state index < -0.39 is 8.80 Å².